The summed E-state index contributed by atoms with van der Waals surface area (Å²) >= 11 is 0. The van der Waals surface area contributed by atoms with Crippen molar-refractivity contribution in [3.05, 3.63) is 22.4 Å². The zero-order chi connectivity index (χ0) is 13.6. The van der Waals surface area contributed by atoms with Crippen LogP contribution >= 0.6 is 0 Å². The van der Waals surface area contributed by atoms with Gasteiger partial charge in [-0.2, -0.15) is 4.98 Å². The molecule has 1 aliphatic rings. The Morgan fingerprint density at radius 3 is 3.11 bits per heavy atom. The van der Waals surface area contributed by atoms with E-state index in [-0.39, 0.29) is 29.7 Å². The van der Waals surface area contributed by atoms with Gasteiger partial charge in [-0.15, -0.1) is 0 Å². The zero-order valence-electron chi connectivity index (χ0n) is 9.97. The largest absolute Gasteiger partial charge is 0.394 e. The number of hydrogen-bond donors (Lipinski definition) is 3. The Balaban J connectivity index is 2.12. The second-order valence-corrected chi connectivity index (χ2v) is 4.51. The summed E-state index contributed by atoms with van der Waals surface area (Å²) in [5.41, 5.74) is 5.01. The average Bonchev–Trinajstić information content (AvgIpc) is 2.93. The van der Waals surface area contributed by atoms with E-state index in [1.807, 2.05) is 0 Å². The van der Waals surface area contributed by atoms with Gasteiger partial charge in [0.15, 0.2) is 11.5 Å². The second kappa shape index (κ2) is 4.32. The van der Waals surface area contributed by atoms with Gasteiger partial charge in [-0.1, -0.05) is 0 Å². The van der Waals surface area contributed by atoms with Crippen molar-refractivity contribution in [2.45, 2.75) is 25.2 Å². The molecule has 1 saturated heterocycles. The highest BCUT2D eigenvalue weighted by molar-refractivity contribution is 5.76. The number of nitrogen functional groups attached to an aromatic ring is 1. The SMILES string of the molecule is Nc1nc2c(c(F)cn2[C@H]2CC[C@@H](CO)O2)c(=O)[nH]1. The number of hydrogen-bond acceptors (Lipinski definition) is 5. The van der Waals surface area contributed by atoms with Crippen molar-refractivity contribution in [2.75, 3.05) is 12.3 Å². The van der Waals surface area contributed by atoms with Gasteiger partial charge in [0.1, 0.15) is 11.6 Å². The lowest BCUT2D eigenvalue weighted by Crippen LogP contribution is -2.16. The number of aromatic nitrogens is 3. The van der Waals surface area contributed by atoms with Crippen molar-refractivity contribution < 1.29 is 14.2 Å². The fraction of sp³-hybridized carbons (Fsp3) is 0.455. The molecule has 1 fully saturated rings. The fourth-order valence-electron chi connectivity index (χ4n) is 2.37. The van der Waals surface area contributed by atoms with Crippen LogP contribution in [0.2, 0.25) is 0 Å². The van der Waals surface area contributed by atoms with Gasteiger partial charge < -0.3 is 20.1 Å². The maximum atomic E-state index is 13.8. The summed E-state index contributed by atoms with van der Waals surface area (Å²) < 4.78 is 20.8. The lowest BCUT2D eigenvalue weighted by molar-refractivity contribution is -0.0206. The van der Waals surface area contributed by atoms with Gasteiger partial charge in [0.2, 0.25) is 5.95 Å². The number of aromatic amines is 1. The standard InChI is InChI=1S/C11H13FN4O3/c12-6-3-16(7-2-1-5(4-17)19-7)9-8(6)10(18)15-11(13)14-9/h3,5,7,17H,1-2,4H2,(H3,13,14,15,18)/t5-,7+/m0/s1. The molecular formula is C11H13FN4O3. The molecule has 0 bridgehead atoms. The van der Waals surface area contributed by atoms with E-state index in [9.17, 15) is 9.18 Å². The van der Waals surface area contributed by atoms with E-state index in [0.29, 0.717) is 12.8 Å². The number of ether oxygens (including phenoxy) is 1. The summed E-state index contributed by atoms with van der Waals surface area (Å²) in [6.07, 6.45) is 1.74. The molecule has 0 radical (unpaired) electrons. The van der Waals surface area contributed by atoms with Gasteiger partial charge >= 0.3 is 0 Å². The number of nitrogens with two attached hydrogens (primary N) is 1. The third kappa shape index (κ3) is 1.89. The van der Waals surface area contributed by atoms with Crippen LogP contribution in [0.15, 0.2) is 11.0 Å². The molecule has 0 amide bonds. The summed E-state index contributed by atoms with van der Waals surface area (Å²) in [4.78, 5) is 17.9. The first-order valence-corrected chi connectivity index (χ1v) is 5.92. The van der Waals surface area contributed by atoms with Crippen LogP contribution in [0.5, 0.6) is 0 Å². The summed E-state index contributed by atoms with van der Waals surface area (Å²) in [6.45, 7) is -0.0890. The van der Waals surface area contributed by atoms with Crippen LogP contribution in [-0.4, -0.2) is 32.4 Å². The number of halogens is 1. The first kappa shape index (κ1) is 12.1. The van der Waals surface area contributed by atoms with Crippen molar-refractivity contribution >= 4 is 17.0 Å². The Labute approximate surface area is 106 Å². The van der Waals surface area contributed by atoms with Gasteiger partial charge in [0, 0.05) is 6.20 Å². The number of aliphatic hydroxyl groups is 1. The minimum absolute atomic E-state index is 0.0754. The third-order valence-corrected chi connectivity index (χ3v) is 3.25. The smallest absolute Gasteiger partial charge is 0.264 e. The van der Waals surface area contributed by atoms with Crippen LogP contribution in [0.3, 0.4) is 0 Å². The van der Waals surface area contributed by atoms with Gasteiger partial charge in [0.25, 0.3) is 5.56 Å². The Kier molecular flexibility index (Phi) is 2.76. The Morgan fingerprint density at radius 2 is 2.42 bits per heavy atom. The Morgan fingerprint density at radius 1 is 1.63 bits per heavy atom. The van der Waals surface area contributed by atoms with Crippen molar-refractivity contribution in [3.63, 3.8) is 0 Å². The normalized spacial score (nSPS) is 23.3. The van der Waals surface area contributed by atoms with Gasteiger partial charge in [-0.3, -0.25) is 9.78 Å². The topological polar surface area (TPSA) is 106 Å². The Bertz CT molecular complexity index is 680. The van der Waals surface area contributed by atoms with E-state index in [0.717, 1.165) is 0 Å². The highest BCUT2D eigenvalue weighted by Gasteiger charge is 2.28. The molecule has 0 aliphatic carbocycles. The van der Waals surface area contributed by atoms with Crippen LogP contribution in [-0.2, 0) is 4.74 Å². The van der Waals surface area contributed by atoms with Crippen LogP contribution in [0.4, 0.5) is 10.3 Å². The van der Waals surface area contributed by atoms with Crippen molar-refractivity contribution in [1.82, 2.24) is 14.5 Å². The molecule has 1 aliphatic heterocycles. The molecule has 3 rings (SSSR count). The maximum Gasteiger partial charge on any atom is 0.264 e. The highest BCUT2D eigenvalue weighted by atomic mass is 19.1. The minimum Gasteiger partial charge on any atom is -0.394 e. The van der Waals surface area contributed by atoms with Gasteiger partial charge in [-0.05, 0) is 12.8 Å². The molecular weight excluding hydrogens is 255 g/mol. The third-order valence-electron chi connectivity index (χ3n) is 3.25. The summed E-state index contributed by atoms with van der Waals surface area (Å²) in [5.74, 6) is -0.742. The number of aliphatic hydroxyl groups excluding tert-OH is 1. The summed E-state index contributed by atoms with van der Waals surface area (Å²) in [5, 5.41) is 8.90. The zero-order valence-corrected chi connectivity index (χ0v) is 9.97. The molecule has 7 nitrogen and oxygen atoms in total. The molecule has 0 aromatic carbocycles. The molecule has 2 aromatic heterocycles. The average molecular weight is 268 g/mol. The number of fused-ring (bicyclic) bond motifs is 1. The molecule has 0 unspecified atom stereocenters. The van der Waals surface area contributed by atoms with Crippen molar-refractivity contribution in [3.8, 4) is 0 Å². The second-order valence-electron chi connectivity index (χ2n) is 4.51. The van der Waals surface area contributed by atoms with E-state index in [4.69, 9.17) is 15.6 Å². The molecule has 0 saturated carbocycles. The summed E-state index contributed by atoms with van der Waals surface area (Å²) in [6, 6.07) is 0. The molecule has 8 heteroatoms. The molecule has 102 valence electrons. The molecule has 3 heterocycles. The van der Waals surface area contributed by atoms with Gasteiger partial charge in [0.05, 0.1) is 12.7 Å². The maximum absolute atomic E-state index is 13.8. The van der Waals surface area contributed by atoms with E-state index in [1.54, 1.807) is 0 Å². The summed E-state index contributed by atoms with van der Waals surface area (Å²) in [7, 11) is 0. The highest BCUT2D eigenvalue weighted by Crippen LogP contribution is 2.31. The number of nitrogens with zero attached hydrogens (tertiary/aromatic N) is 2. The van der Waals surface area contributed by atoms with E-state index in [2.05, 4.69) is 9.97 Å². The Hall–Kier alpha value is -1.93. The first-order chi connectivity index (χ1) is 9.10. The quantitative estimate of drug-likeness (QED) is 0.717. The molecule has 4 N–H and O–H groups in total. The monoisotopic (exact) mass is 268 g/mol. The van der Waals surface area contributed by atoms with E-state index >= 15 is 0 Å². The fourth-order valence-corrected chi connectivity index (χ4v) is 2.37. The van der Waals surface area contributed by atoms with E-state index < -0.39 is 17.6 Å². The molecule has 19 heavy (non-hydrogen) atoms. The predicted molar refractivity (Wildman–Crippen MR) is 65.0 cm³/mol. The van der Waals surface area contributed by atoms with Crippen LogP contribution < -0.4 is 11.3 Å². The minimum atomic E-state index is -0.667. The molecule has 2 aromatic rings. The number of rotatable bonds is 2. The molecule has 0 spiro atoms. The molecule has 2 atom stereocenters. The lowest BCUT2D eigenvalue weighted by atomic mass is 10.2. The number of anilines is 1. The number of H-pyrrole nitrogens is 1. The van der Waals surface area contributed by atoms with Crippen molar-refractivity contribution in [2.24, 2.45) is 0 Å². The van der Waals surface area contributed by atoms with E-state index in [1.165, 1.54) is 10.8 Å². The predicted octanol–water partition coefficient (Wildman–Crippen LogP) is 0.116. The van der Waals surface area contributed by atoms with Crippen LogP contribution in [0.1, 0.15) is 19.1 Å². The van der Waals surface area contributed by atoms with Crippen molar-refractivity contribution in [1.29, 1.82) is 0 Å². The van der Waals surface area contributed by atoms with Crippen LogP contribution in [0, 0.1) is 5.82 Å². The number of nitrogens with one attached hydrogen (secondary N) is 1. The van der Waals surface area contributed by atoms with Crippen LogP contribution in [0.25, 0.3) is 11.0 Å². The lowest BCUT2D eigenvalue weighted by Gasteiger charge is -2.14. The van der Waals surface area contributed by atoms with Gasteiger partial charge in [-0.25, -0.2) is 4.39 Å². The first-order valence-electron chi connectivity index (χ1n) is 5.92.